The van der Waals surface area contributed by atoms with Crippen molar-refractivity contribution in [3.8, 4) is 0 Å². The first-order valence-corrected chi connectivity index (χ1v) is 8.37. The topological polar surface area (TPSA) is 59.4 Å². The third kappa shape index (κ3) is 4.14. The third-order valence-electron chi connectivity index (χ3n) is 3.96. The summed E-state index contributed by atoms with van der Waals surface area (Å²) in [7, 11) is 0. The van der Waals surface area contributed by atoms with Gasteiger partial charge in [0.15, 0.2) is 0 Å². The van der Waals surface area contributed by atoms with Crippen LogP contribution in [0.5, 0.6) is 0 Å². The first-order valence-electron chi connectivity index (χ1n) is 8.37. The molecule has 2 aromatic rings. The number of amides is 2. The fourth-order valence-corrected chi connectivity index (χ4v) is 2.81. The maximum absolute atomic E-state index is 12.5. The molecule has 1 aromatic heterocycles. The van der Waals surface area contributed by atoms with Crippen molar-refractivity contribution >= 4 is 11.7 Å². The highest BCUT2D eigenvalue weighted by molar-refractivity contribution is 5.89. The predicted molar refractivity (Wildman–Crippen MR) is 92.8 cm³/mol. The Labute approximate surface area is 142 Å². The number of anilines is 1. The van der Waals surface area contributed by atoms with Crippen LogP contribution < -0.4 is 5.32 Å². The molecule has 128 valence electrons. The number of nitrogens with zero attached hydrogens (tertiary/aromatic N) is 3. The number of urea groups is 1. The average Bonchev–Trinajstić information content (AvgIpc) is 3.02. The minimum Gasteiger partial charge on any atom is -0.370 e. The normalized spacial score (nSPS) is 18.0. The first kappa shape index (κ1) is 16.5. The van der Waals surface area contributed by atoms with Crippen LogP contribution in [-0.4, -0.2) is 40.4 Å². The lowest BCUT2D eigenvalue weighted by Gasteiger charge is -2.33. The monoisotopic (exact) mass is 328 g/mol. The third-order valence-corrected chi connectivity index (χ3v) is 3.96. The van der Waals surface area contributed by atoms with Crippen molar-refractivity contribution in [3.05, 3.63) is 48.3 Å². The lowest BCUT2D eigenvalue weighted by atomic mass is 10.1. The molecule has 1 fully saturated rings. The molecular formula is C18H24N4O2. The molecule has 1 N–H and O–H groups in total. The summed E-state index contributed by atoms with van der Waals surface area (Å²) in [5.41, 5.74) is 1.82. The van der Waals surface area contributed by atoms with Gasteiger partial charge in [-0.25, -0.2) is 4.79 Å². The maximum Gasteiger partial charge on any atom is 0.322 e. The zero-order valence-corrected chi connectivity index (χ0v) is 14.2. The Hall–Kier alpha value is -2.34. The Morgan fingerprint density at radius 2 is 2.17 bits per heavy atom. The van der Waals surface area contributed by atoms with Crippen LogP contribution in [0.1, 0.15) is 25.5 Å². The minimum atomic E-state index is -0.108. The van der Waals surface area contributed by atoms with E-state index in [0.29, 0.717) is 25.6 Å². The van der Waals surface area contributed by atoms with E-state index >= 15 is 0 Å². The summed E-state index contributed by atoms with van der Waals surface area (Å²) in [4.78, 5) is 14.3. The van der Waals surface area contributed by atoms with Crippen molar-refractivity contribution in [1.29, 1.82) is 0 Å². The molecule has 0 aliphatic carbocycles. The molecule has 0 radical (unpaired) electrons. The molecule has 0 unspecified atom stereocenters. The molecule has 6 nitrogen and oxygen atoms in total. The van der Waals surface area contributed by atoms with Crippen LogP contribution in [0.2, 0.25) is 0 Å². The van der Waals surface area contributed by atoms with Crippen molar-refractivity contribution in [2.75, 3.05) is 25.0 Å². The highest BCUT2D eigenvalue weighted by Gasteiger charge is 2.25. The fraction of sp³-hybridized carbons (Fsp3) is 0.444. The Bertz CT molecular complexity index is 669. The average molecular weight is 328 g/mol. The quantitative estimate of drug-likeness (QED) is 0.938. The van der Waals surface area contributed by atoms with Gasteiger partial charge in [-0.2, -0.15) is 5.10 Å². The Morgan fingerprint density at radius 3 is 2.92 bits per heavy atom. The van der Waals surface area contributed by atoms with Gasteiger partial charge < -0.3 is 15.0 Å². The van der Waals surface area contributed by atoms with Crippen molar-refractivity contribution in [3.63, 3.8) is 0 Å². The molecule has 1 aromatic carbocycles. The summed E-state index contributed by atoms with van der Waals surface area (Å²) >= 11 is 0. The molecule has 1 atom stereocenters. The Morgan fingerprint density at radius 1 is 1.38 bits per heavy atom. The van der Waals surface area contributed by atoms with Gasteiger partial charge in [0.05, 0.1) is 25.0 Å². The van der Waals surface area contributed by atoms with E-state index in [4.69, 9.17) is 4.74 Å². The van der Waals surface area contributed by atoms with Crippen molar-refractivity contribution < 1.29 is 9.53 Å². The summed E-state index contributed by atoms with van der Waals surface area (Å²) in [6.45, 7) is 6.79. The molecule has 0 saturated carbocycles. The molecular weight excluding hydrogens is 304 g/mol. The van der Waals surface area contributed by atoms with Gasteiger partial charge in [-0.1, -0.05) is 44.2 Å². The first-order chi connectivity index (χ1) is 11.6. The van der Waals surface area contributed by atoms with Gasteiger partial charge >= 0.3 is 6.03 Å². The Kier molecular flexibility index (Phi) is 5.15. The molecule has 0 spiro atoms. The second kappa shape index (κ2) is 7.49. The number of hydrogen-bond acceptors (Lipinski definition) is 3. The van der Waals surface area contributed by atoms with Crippen LogP contribution in [0, 0.1) is 5.92 Å². The molecule has 1 aliphatic rings. The minimum absolute atomic E-state index is 0.0747. The molecule has 2 heterocycles. The van der Waals surface area contributed by atoms with E-state index in [-0.39, 0.29) is 12.1 Å². The molecule has 1 aliphatic heterocycles. The van der Waals surface area contributed by atoms with E-state index in [2.05, 4.69) is 24.3 Å². The van der Waals surface area contributed by atoms with Crippen molar-refractivity contribution in [2.45, 2.75) is 26.5 Å². The van der Waals surface area contributed by atoms with Crippen LogP contribution in [0.3, 0.4) is 0 Å². The van der Waals surface area contributed by atoms with Crippen LogP contribution >= 0.6 is 0 Å². The molecule has 2 amide bonds. The number of carbonyl (C=O) groups is 1. The highest BCUT2D eigenvalue weighted by atomic mass is 16.5. The zero-order chi connectivity index (χ0) is 16.9. The van der Waals surface area contributed by atoms with E-state index in [1.807, 2.05) is 41.2 Å². The molecule has 24 heavy (non-hydrogen) atoms. The Balaban J connectivity index is 1.59. The van der Waals surface area contributed by atoms with Gasteiger partial charge in [0, 0.05) is 19.3 Å². The summed E-state index contributed by atoms with van der Waals surface area (Å²) < 4.78 is 7.66. The van der Waals surface area contributed by atoms with Gasteiger partial charge in [0.1, 0.15) is 6.10 Å². The SMILES string of the molecule is CC(C)Cn1cc(NC(=O)N2CCO[C@H](c3ccccc3)C2)cn1. The summed E-state index contributed by atoms with van der Waals surface area (Å²) in [6, 6.07) is 9.90. The molecule has 6 heteroatoms. The van der Waals surface area contributed by atoms with E-state index < -0.39 is 0 Å². The smallest absolute Gasteiger partial charge is 0.322 e. The van der Waals surface area contributed by atoms with E-state index in [0.717, 1.165) is 17.8 Å². The number of nitrogens with one attached hydrogen (secondary N) is 1. The molecule has 0 bridgehead atoms. The number of hydrogen-bond donors (Lipinski definition) is 1. The van der Waals surface area contributed by atoms with Gasteiger partial charge in [0.25, 0.3) is 0 Å². The van der Waals surface area contributed by atoms with Crippen LogP contribution in [-0.2, 0) is 11.3 Å². The molecule has 1 saturated heterocycles. The summed E-state index contributed by atoms with van der Waals surface area (Å²) in [6.07, 6.45) is 3.48. The van der Waals surface area contributed by atoms with Gasteiger partial charge in [0.2, 0.25) is 0 Å². The van der Waals surface area contributed by atoms with Crippen LogP contribution in [0.25, 0.3) is 0 Å². The van der Waals surface area contributed by atoms with E-state index in [1.54, 1.807) is 11.1 Å². The van der Waals surface area contributed by atoms with Gasteiger partial charge in [-0.3, -0.25) is 4.68 Å². The van der Waals surface area contributed by atoms with Crippen molar-refractivity contribution in [1.82, 2.24) is 14.7 Å². The molecule has 3 rings (SSSR count). The standard InChI is InChI=1S/C18H24N4O2/c1-14(2)11-22-12-16(10-19-22)20-18(23)21-8-9-24-17(13-21)15-6-4-3-5-7-15/h3-7,10,12,14,17H,8-9,11,13H2,1-2H3,(H,20,23)/t17-/m0/s1. The van der Waals surface area contributed by atoms with E-state index in [1.165, 1.54) is 0 Å². The summed E-state index contributed by atoms with van der Waals surface area (Å²) in [5, 5.41) is 7.20. The second-order valence-electron chi connectivity index (χ2n) is 6.49. The number of ether oxygens (including phenoxy) is 1. The predicted octanol–water partition coefficient (Wildman–Crippen LogP) is 3.14. The fourth-order valence-electron chi connectivity index (χ4n) is 2.81. The lowest BCUT2D eigenvalue weighted by Crippen LogP contribution is -2.44. The van der Waals surface area contributed by atoms with Crippen molar-refractivity contribution in [2.24, 2.45) is 5.92 Å². The van der Waals surface area contributed by atoms with Gasteiger partial charge in [-0.05, 0) is 11.5 Å². The highest BCUT2D eigenvalue weighted by Crippen LogP contribution is 2.22. The van der Waals surface area contributed by atoms with Crippen LogP contribution in [0.15, 0.2) is 42.7 Å². The number of carbonyl (C=O) groups excluding carboxylic acids is 1. The largest absolute Gasteiger partial charge is 0.370 e. The number of aromatic nitrogens is 2. The second-order valence-corrected chi connectivity index (χ2v) is 6.49. The maximum atomic E-state index is 12.5. The van der Waals surface area contributed by atoms with Crippen LogP contribution in [0.4, 0.5) is 10.5 Å². The lowest BCUT2D eigenvalue weighted by molar-refractivity contribution is -0.0135. The summed E-state index contributed by atoms with van der Waals surface area (Å²) in [5.74, 6) is 0.513. The van der Waals surface area contributed by atoms with E-state index in [9.17, 15) is 4.79 Å². The van der Waals surface area contributed by atoms with Gasteiger partial charge in [-0.15, -0.1) is 0 Å². The number of benzene rings is 1. The number of morpholine rings is 1. The zero-order valence-electron chi connectivity index (χ0n) is 14.2. The number of rotatable bonds is 4.